The Morgan fingerprint density at radius 3 is 2.33 bits per heavy atom. The van der Waals surface area contributed by atoms with Gasteiger partial charge in [0.15, 0.2) is 0 Å². The molecule has 0 spiro atoms. The first kappa shape index (κ1) is 15.5. The largest absolute Gasteiger partial charge is 0.399 e. The topological polar surface area (TPSA) is 63.4 Å². The Morgan fingerprint density at radius 2 is 1.76 bits per heavy atom. The second-order valence-electron chi connectivity index (χ2n) is 4.82. The first-order valence-electron chi connectivity index (χ1n) is 6.41. The zero-order valence-corrected chi connectivity index (χ0v) is 12.6. The molecule has 2 aromatic rings. The van der Waals surface area contributed by atoms with Crippen LogP contribution in [0.2, 0.25) is 0 Å². The lowest BCUT2D eigenvalue weighted by molar-refractivity contribution is 0.398. The van der Waals surface area contributed by atoms with E-state index in [1.807, 2.05) is 6.07 Å². The molecule has 6 heteroatoms. The molecule has 21 heavy (non-hydrogen) atoms. The number of nitrogens with zero attached hydrogens (tertiary/aromatic N) is 1. The minimum Gasteiger partial charge on any atom is -0.399 e. The highest BCUT2D eigenvalue weighted by Gasteiger charge is 2.26. The highest BCUT2D eigenvalue weighted by Crippen LogP contribution is 2.26. The minimum absolute atomic E-state index is 0.0575. The van der Waals surface area contributed by atoms with E-state index in [0.29, 0.717) is 5.69 Å². The van der Waals surface area contributed by atoms with Gasteiger partial charge in [0.2, 0.25) is 10.0 Å². The van der Waals surface area contributed by atoms with Crippen LogP contribution >= 0.6 is 0 Å². The van der Waals surface area contributed by atoms with Crippen molar-refractivity contribution in [3.8, 4) is 0 Å². The SMILES string of the molecule is CC(c1cccc(N)c1)N(C)S(=O)(=O)c1ccc(F)cc1. The molecule has 1 unspecified atom stereocenters. The fraction of sp³-hybridized carbons (Fsp3) is 0.200. The van der Waals surface area contributed by atoms with Crippen LogP contribution in [-0.2, 0) is 10.0 Å². The molecule has 0 saturated carbocycles. The summed E-state index contributed by atoms with van der Waals surface area (Å²) in [6, 6.07) is 11.5. The van der Waals surface area contributed by atoms with Crippen LogP contribution in [-0.4, -0.2) is 19.8 Å². The van der Waals surface area contributed by atoms with Crippen LogP contribution in [0, 0.1) is 5.82 Å². The van der Waals surface area contributed by atoms with Crippen LogP contribution < -0.4 is 5.73 Å². The Hall–Kier alpha value is -1.92. The first-order valence-corrected chi connectivity index (χ1v) is 7.85. The summed E-state index contributed by atoms with van der Waals surface area (Å²) in [4.78, 5) is 0.0575. The molecule has 112 valence electrons. The highest BCUT2D eigenvalue weighted by atomic mass is 32.2. The zero-order valence-electron chi connectivity index (χ0n) is 11.8. The maximum Gasteiger partial charge on any atom is 0.243 e. The van der Waals surface area contributed by atoms with Gasteiger partial charge >= 0.3 is 0 Å². The van der Waals surface area contributed by atoms with E-state index in [-0.39, 0.29) is 10.9 Å². The smallest absolute Gasteiger partial charge is 0.243 e. The van der Waals surface area contributed by atoms with E-state index in [1.165, 1.54) is 23.5 Å². The molecule has 0 heterocycles. The zero-order chi connectivity index (χ0) is 15.6. The van der Waals surface area contributed by atoms with Crippen LogP contribution in [0.1, 0.15) is 18.5 Å². The lowest BCUT2D eigenvalue weighted by atomic mass is 10.1. The van der Waals surface area contributed by atoms with Crippen LogP contribution in [0.3, 0.4) is 0 Å². The number of hydrogen-bond donors (Lipinski definition) is 1. The first-order chi connectivity index (χ1) is 9.82. The summed E-state index contributed by atoms with van der Waals surface area (Å²) in [5, 5.41) is 0. The van der Waals surface area contributed by atoms with E-state index >= 15 is 0 Å². The Morgan fingerprint density at radius 1 is 1.14 bits per heavy atom. The second kappa shape index (κ2) is 5.83. The van der Waals surface area contributed by atoms with Gasteiger partial charge in [-0.25, -0.2) is 12.8 Å². The summed E-state index contributed by atoms with van der Waals surface area (Å²) in [7, 11) is -2.20. The van der Waals surface area contributed by atoms with E-state index in [2.05, 4.69) is 0 Å². The molecule has 0 bridgehead atoms. The Kier molecular flexibility index (Phi) is 4.29. The summed E-state index contributed by atoms with van der Waals surface area (Å²) < 4.78 is 39.2. The third-order valence-corrected chi connectivity index (χ3v) is 5.37. The van der Waals surface area contributed by atoms with Crippen molar-refractivity contribution >= 4 is 15.7 Å². The van der Waals surface area contributed by atoms with Gasteiger partial charge in [0, 0.05) is 18.8 Å². The van der Waals surface area contributed by atoms with Gasteiger partial charge in [-0.05, 0) is 48.9 Å². The Balaban J connectivity index is 2.33. The number of rotatable bonds is 4. The molecular weight excluding hydrogens is 291 g/mol. The van der Waals surface area contributed by atoms with E-state index < -0.39 is 15.8 Å². The fourth-order valence-electron chi connectivity index (χ4n) is 2.01. The molecular formula is C15H17FN2O2S. The van der Waals surface area contributed by atoms with E-state index in [1.54, 1.807) is 25.1 Å². The third kappa shape index (κ3) is 3.22. The van der Waals surface area contributed by atoms with E-state index in [0.717, 1.165) is 17.7 Å². The van der Waals surface area contributed by atoms with Gasteiger partial charge in [0.05, 0.1) is 4.90 Å². The maximum absolute atomic E-state index is 12.9. The van der Waals surface area contributed by atoms with Crippen LogP contribution in [0.5, 0.6) is 0 Å². The maximum atomic E-state index is 12.9. The molecule has 0 fully saturated rings. The summed E-state index contributed by atoms with van der Waals surface area (Å²) in [5.41, 5.74) is 7.09. The number of benzene rings is 2. The van der Waals surface area contributed by atoms with Crippen LogP contribution in [0.25, 0.3) is 0 Å². The number of sulfonamides is 1. The highest BCUT2D eigenvalue weighted by molar-refractivity contribution is 7.89. The number of hydrogen-bond acceptors (Lipinski definition) is 3. The van der Waals surface area contributed by atoms with Crippen molar-refractivity contribution in [2.24, 2.45) is 0 Å². The van der Waals surface area contributed by atoms with Crippen molar-refractivity contribution < 1.29 is 12.8 Å². The molecule has 0 saturated heterocycles. The molecule has 4 nitrogen and oxygen atoms in total. The van der Waals surface area contributed by atoms with E-state index in [4.69, 9.17) is 5.73 Å². The van der Waals surface area contributed by atoms with Crippen molar-refractivity contribution in [2.45, 2.75) is 17.9 Å². The van der Waals surface area contributed by atoms with Gasteiger partial charge in [-0.3, -0.25) is 0 Å². The van der Waals surface area contributed by atoms with Crippen LogP contribution in [0.4, 0.5) is 10.1 Å². The lowest BCUT2D eigenvalue weighted by Gasteiger charge is -2.25. The van der Waals surface area contributed by atoms with Gasteiger partial charge in [0.1, 0.15) is 5.82 Å². The second-order valence-corrected chi connectivity index (χ2v) is 6.82. The number of nitrogens with two attached hydrogens (primary N) is 1. The van der Waals surface area contributed by atoms with Gasteiger partial charge in [-0.1, -0.05) is 12.1 Å². The number of nitrogen functional groups attached to an aromatic ring is 1. The molecule has 0 aliphatic heterocycles. The average molecular weight is 308 g/mol. The monoisotopic (exact) mass is 308 g/mol. The number of anilines is 1. The van der Waals surface area contributed by atoms with Gasteiger partial charge in [-0.2, -0.15) is 4.31 Å². The van der Waals surface area contributed by atoms with Crippen molar-refractivity contribution in [3.05, 3.63) is 59.9 Å². The van der Waals surface area contributed by atoms with Crippen molar-refractivity contribution in [3.63, 3.8) is 0 Å². The fourth-order valence-corrected chi connectivity index (χ4v) is 3.36. The van der Waals surface area contributed by atoms with Gasteiger partial charge in [-0.15, -0.1) is 0 Å². The van der Waals surface area contributed by atoms with Gasteiger partial charge < -0.3 is 5.73 Å². The summed E-state index contributed by atoms with van der Waals surface area (Å²) in [5.74, 6) is -0.472. The molecule has 2 N–H and O–H groups in total. The molecule has 2 aromatic carbocycles. The average Bonchev–Trinajstić information content (AvgIpc) is 2.46. The number of halogens is 1. The Bertz CT molecular complexity index is 730. The molecule has 0 amide bonds. The minimum atomic E-state index is -3.69. The predicted molar refractivity (Wildman–Crippen MR) is 80.6 cm³/mol. The molecule has 0 aliphatic carbocycles. The van der Waals surface area contributed by atoms with Crippen molar-refractivity contribution in [1.29, 1.82) is 0 Å². The van der Waals surface area contributed by atoms with Crippen LogP contribution in [0.15, 0.2) is 53.4 Å². The molecule has 0 radical (unpaired) electrons. The van der Waals surface area contributed by atoms with Gasteiger partial charge in [0.25, 0.3) is 0 Å². The molecule has 0 aromatic heterocycles. The standard InChI is InChI=1S/C15H17FN2O2S/c1-11(12-4-3-5-14(17)10-12)18(2)21(19,20)15-8-6-13(16)7-9-15/h3-11H,17H2,1-2H3. The lowest BCUT2D eigenvalue weighted by Crippen LogP contribution is -2.29. The summed E-state index contributed by atoms with van der Waals surface area (Å²) in [6.45, 7) is 1.77. The quantitative estimate of drug-likeness (QED) is 0.883. The summed E-state index contributed by atoms with van der Waals surface area (Å²) >= 11 is 0. The molecule has 0 aliphatic rings. The third-order valence-electron chi connectivity index (χ3n) is 3.43. The normalized spacial score (nSPS) is 13.3. The van der Waals surface area contributed by atoms with E-state index in [9.17, 15) is 12.8 Å². The Labute approximate surface area is 124 Å². The molecule has 1 atom stereocenters. The van der Waals surface area contributed by atoms with Crippen molar-refractivity contribution in [2.75, 3.05) is 12.8 Å². The predicted octanol–water partition coefficient (Wildman–Crippen LogP) is 2.79. The van der Waals surface area contributed by atoms with Crippen molar-refractivity contribution in [1.82, 2.24) is 4.31 Å². The summed E-state index contributed by atoms with van der Waals surface area (Å²) in [6.07, 6.45) is 0. The molecule has 2 rings (SSSR count).